The summed E-state index contributed by atoms with van der Waals surface area (Å²) < 4.78 is 7.84. The summed E-state index contributed by atoms with van der Waals surface area (Å²) in [4.78, 5) is 6.81. The number of aryl methyl sites for hydroxylation is 1. The Kier molecular flexibility index (Phi) is 4.09. The highest BCUT2D eigenvalue weighted by atomic mass is 16.5. The molecule has 0 amide bonds. The first kappa shape index (κ1) is 16.0. The summed E-state index contributed by atoms with van der Waals surface area (Å²) >= 11 is 0. The van der Waals surface area contributed by atoms with E-state index in [1.54, 1.807) is 0 Å². The van der Waals surface area contributed by atoms with Crippen molar-refractivity contribution in [2.24, 2.45) is 7.05 Å². The first-order chi connectivity index (χ1) is 12.1. The third kappa shape index (κ3) is 3.33. The van der Waals surface area contributed by atoms with Crippen molar-refractivity contribution in [3.05, 3.63) is 48.8 Å². The van der Waals surface area contributed by atoms with E-state index in [2.05, 4.69) is 71.5 Å². The molecule has 2 aromatic carbocycles. The van der Waals surface area contributed by atoms with E-state index in [0.29, 0.717) is 0 Å². The minimum Gasteiger partial charge on any atom is -0.372 e. The number of fused-ring (bicyclic) bond motifs is 1. The van der Waals surface area contributed by atoms with Crippen LogP contribution in [0.4, 0.5) is 17.1 Å². The van der Waals surface area contributed by atoms with Gasteiger partial charge in [-0.25, -0.2) is 4.98 Å². The number of nitrogens with one attached hydrogen (secondary N) is 1. The zero-order chi connectivity index (χ0) is 17.4. The van der Waals surface area contributed by atoms with Crippen LogP contribution in [0.15, 0.2) is 48.8 Å². The number of hydrogen-bond acceptors (Lipinski definition) is 4. The van der Waals surface area contributed by atoms with Crippen LogP contribution in [-0.2, 0) is 11.8 Å². The van der Waals surface area contributed by atoms with E-state index in [-0.39, 0.29) is 12.2 Å². The third-order valence-corrected chi connectivity index (χ3v) is 4.67. The Labute approximate surface area is 148 Å². The molecule has 0 spiro atoms. The molecule has 5 heteroatoms. The summed E-state index contributed by atoms with van der Waals surface area (Å²) in [7, 11) is 2.01. The van der Waals surface area contributed by atoms with Crippen molar-refractivity contribution < 1.29 is 4.74 Å². The van der Waals surface area contributed by atoms with Crippen molar-refractivity contribution in [2.45, 2.75) is 26.1 Å². The van der Waals surface area contributed by atoms with Gasteiger partial charge in [0.15, 0.2) is 0 Å². The Hall–Kier alpha value is -2.53. The van der Waals surface area contributed by atoms with Gasteiger partial charge in [-0.1, -0.05) is 0 Å². The van der Waals surface area contributed by atoms with Crippen molar-refractivity contribution in [3.63, 3.8) is 0 Å². The molecule has 0 aliphatic carbocycles. The molecule has 130 valence electrons. The predicted octanol–water partition coefficient (Wildman–Crippen LogP) is 3.93. The first-order valence-corrected chi connectivity index (χ1v) is 8.77. The molecule has 0 bridgehead atoms. The molecule has 1 aliphatic heterocycles. The molecular weight excluding hydrogens is 312 g/mol. The Morgan fingerprint density at radius 2 is 1.68 bits per heavy atom. The van der Waals surface area contributed by atoms with Crippen LogP contribution in [0.3, 0.4) is 0 Å². The van der Waals surface area contributed by atoms with Gasteiger partial charge in [0.2, 0.25) is 0 Å². The molecule has 2 unspecified atom stereocenters. The van der Waals surface area contributed by atoms with Gasteiger partial charge in [0.05, 0.1) is 29.6 Å². The van der Waals surface area contributed by atoms with E-state index in [4.69, 9.17) is 4.74 Å². The number of anilines is 3. The van der Waals surface area contributed by atoms with Crippen LogP contribution in [0.5, 0.6) is 0 Å². The monoisotopic (exact) mass is 336 g/mol. The molecule has 1 fully saturated rings. The van der Waals surface area contributed by atoms with Crippen LogP contribution in [0.25, 0.3) is 11.0 Å². The Morgan fingerprint density at radius 1 is 1.00 bits per heavy atom. The number of ether oxygens (including phenoxy) is 1. The van der Waals surface area contributed by atoms with Crippen LogP contribution < -0.4 is 10.2 Å². The van der Waals surface area contributed by atoms with Crippen LogP contribution in [0.1, 0.15) is 13.8 Å². The predicted molar refractivity (Wildman–Crippen MR) is 103 cm³/mol. The summed E-state index contributed by atoms with van der Waals surface area (Å²) in [5, 5.41) is 3.46. The normalized spacial score (nSPS) is 20.8. The van der Waals surface area contributed by atoms with Gasteiger partial charge in [0.1, 0.15) is 0 Å². The Morgan fingerprint density at radius 3 is 2.40 bits per heavy atom. The minimum absolute atomic E-state index is 0.270. The van der Waals surface area contributed by atoms with Gasteiger partial charge in [-0.3, -0.25) is 0 Å². The number of nitrogens with zero attached hydrogens (tertiary/aromatic N) is 3. The lowest BCUT2D eigenvalue weighted by atomic mass is 10.2. The number of hydrogen-bond donors (Lipinski definition) is 1. The zero-order valence-electron chi connectivity index (χ0n) is 14.9. The number of benzene rings is 2. The van der Waals surface area contributed by atoms with Crippen LogP contribution in [0.2, 0.25) is 0 Å². The lowest BCUT2D eigenvalue weighted by Gasteiger charge is -2.36. The molecule has 1 saturated heterocycles. The van der Waals surface area contributed by atoms with Gasteiger partial charge < -0.3 is 19.5 Å². The lowest BCUT2D eigenvalue weighted by molar-refractivity contribution is -0.00521. The van der Waals surface area contributed by atoms with E-state index in [0.717, 1.165) is 35.5 Å². The summed E-state index contributed by atoms with van der Waals surface area (Å²) in [6, 6.07) is 14.9. The van der Waals surface area contributed by atoms with E-state index in [9.17, 15) is 0 Å². The third-order valence-electron chi connectivity index (χ3n) is 4.67. The smallest absolute Gasteiger partial charge is 0.0955 e. The number of imidazole rings is 1. The van der Waals surface area contributed by atoms with Gasteiger partial charge in [-0.05, 0) is 56.3 Å². The number of morpholine rings is 1. The van der Waals surface area contributed by atoms with Crippen molar-refractivity contribution in [2.75, 3.05) is 23.3 Å². The van der Waals surface area contributed by atoms with Crippen molar-refractivity contribution in [3.8, 4) is 0 Å². The highest BCUT2D eigenvalue weighted by Gasteiger charge is 2.22. The van der Waals surface area contributed by atoms with Gasteiger partial charge in [-0.2, -0.15) is 0 Å². The van der Waals surface area contributed by atoms with Crippen LogP contribution in [0, 0.1) is 0 Å². The van der Waals surface area contributed by atoms with E-state index >= 15 is 0 Å². The van der Waals surface area contributed by atoms with Crippen LogP contribution in [-0.4, -0.2) is 34.8 Å². The van der Waals surface area contributed by atoms with Gasteiger partial charge in [0.25, 0.3) is 0 Å². The largest absolute Gasteiger partial charge is 0.372 e. The molecule has 2 atom stereocenters. The average molecular weight is 336 g/mol. The van der Waals surface area contributed by atoms with Gasteiger partial charge in [-0.15, -0.1) is 0 Å². The summed E-state index contributed by atoms with van der Waals surface area (Å²) in [6.07, 6.45) is 2.38. The minimum atomic E-state index is 0.270. The standard InChI is InChI=1S/C20H24N4O/c1-14-11-24(12-15(2)25-14)18-7-4-16(5-8-18)22-17-6-9-20-19(10-17)21-13-23(20)3/h4-10,13-15,22H,11-12H2,1-3H3. The lowest BCUT2D eigenvalue weighted by Crippen LogP contribution is -2.45. The molecule has 1 aliphatic rings. The van der Waals surface area contributed by atoms with Crippen LogP contribution >= 0.6 is 0 Å². The van der Waals surface area contributed by atoms with Gasteiger partial charge >= 0.3 is 0 Å². The van der Waals surface area contributed by atoms with Crippen molar-refractivity contribution in [1.29, 1.82) is 0 Å². The maximum Gasteiger partial charge on any atom is 0.0955 e. The topological polar surface area (TPSA) is 42.3 Å². The van der Waals surface area contributed by atoms with Crippen molar-refractivity contribution >= 4 is 28.1 Å². The highest BCUT2D eigenvalue weighted by Crippen LogP contribution is 2.25. The highest BCUT2D eigenvalue weighted by molar-refractivity contribution is 5.81. The fraction of sp³-hybridized carbons (Fsp3) is 0.350. The second-order valence-electron chi connectivity index (χ2n) is 6.89. The molecule has 4 rings (SSSR count). The van der Waals surface area contributed by atoms with E-state index in [1.165, 1.54) is 5.69 Å². The molecule has 0 saturated carbocycles. The molecule has 5 nitrogen and oxygen atoms in total. The molecule has 25 heavy (non-hydrogen) atoms. The zero-order valence-corrected chi connectivity index (χ0v) is 14.9. The fourth-order valence-electron chi connectivity index (χ4n) is 3.52. The van der Waals surface area contributed by atoms with Crippen molar-refractivity contribution in [1.82, 2.24) is 9.55 Å². The molecule has 3 aromatic rings. The number of aromatic nitrogens is 2. The maximum absolute atomic E-state index is 5.82. The second-order valence-corrected chi connectivity index (χ2v) is 6.89. The SMILES string of the molecule is CC1CN(c2ccc(Nc3ccc4c(c3)ncn4C)cc2)CC(C)O1. The Bertz CT molecular complexity index is 861. The molecule has 0 radical (unpaired) electrons. The summed E-state index contributed by atoms with van der Waals surface area (Å²) in [5.74, 6) is 0. The summed E-state index contributed by atoms with van der Waals surface area (Å²) in [6.45, 7) is 6.14. The van der Waals surface area contributed by atoms with E-state index < -0.39 is 0 Å². The summed E-state index contributed by atoms with van der Waals surface area (Å²) in [5.41, 5.74) is 5.51. The molecule has 1 aromatic heterocycles. The molecule has 1 N–H and O–H groups in total. The van der Waals surface area contributed by atoms with E-state index in [1.807, 2.05) is 17.9 Å². The fourth-order valence-corrected chi connectivity index (χ4v) is 3.52. The quantitative estimate of drug-likeness (QED) is 0.787. The second kappa shape index (κ2) is 6.41. The maximum atomic E-state index is 5.82. The molecule has 2 heterocycles. The van der Waals surface area contributed by atoms with Gasteiger partial charge in [0, 0.05) is 37.2 Å². The molecular formula is C20H24N4O. The first-order valence-electron chi connectivity index (χ1n) is 8.77. The average Bonchev–Trinajstić information content (AvgIpc) is 2.95. The Balaban J connectivity index is 1.49. The number of rotatable bonds is 3.